The zero-order valence-electron chi connectivity index (χ0n) is 10.5. The summed E-state index contributed by atoms with van der Waals surface area (Å²) in [6.07, 6.45) is 0. The molecule has 114 valence electrons. The van der Waals surface area contributed by atoms with Crippen LogP contribution in [-0.4, -0.2) is 24.4 Å². The third-order valence-electron chi connectivity index (χ3n) is 2.83. The number of benzene rings is 1. The Hall–Kier alpha value is -1.61. The molecule has 22 heavy (non-hydrogen) atoms. The van der Waals surface area contributed by atoms with Gasteiger partial charge in [-0.05, 0) is 12.1 Å². The molecule has 0 aliphatic carbocycles. The minimum Gasteiger partial charge on any atom is -0.502 e. The Kier molecular flexibility index (Phi) is 3.64. The minimum absolute atomic E-state index is 0.0121. The van der Waals surface area contributed by atoms with Crippen molar-refractivity contribution in [3.63, 3.8) is 0 Å². The van der Waals surface area contributed by atoms with Crippen molar-refractivity contribution in [1.82, 2.24) is 9.71 Å². The van der Waals surface area contributed by atoms with E-state index in [0.29, 0.717) is 20.6 Å². The van der Waals surface area contributed by atoms with Crippen LogP contribution in [0, 0.1) is 0 Å². The first-order valence-corrected chi connectivity index (χ1v) is 8.83. The number of carbonyl (C=O) groups is 1. The van der Waals surface area contributed by atoms with Gasteiger partial charge in [0.15, 0.2) is 4.91 Å². The molecular formula is C12H6Cl2N2O4S2. The fourth-order valence-electron chi connectivity index (χ4n) is 1.85. The lowest BCUT2D eigenvalue weighted by Gasteiger charge is -2.00. The number of aromatic nitrogens is 1. The Morgan fingerprint density at radius 3 is 2.55 bits per heavy atom. The maximum Gasteiger partial charge on any atom is 0.301 e. The van der Waals surface area contributed by atoms with Crippen LogP contribution in [0.2, 0.25) is 10.0 Å². The predicted octanol–water partition coefficient (Wildman–Crippen LogP) is 2.80. The van der Waals surface area contributed by atoms with Gasteiger partial charge >= 0.3 is 5.91 Å². The standard InChI is InChI=1S/C12H6Cl2N2O4S2/c13-6-2-1-5(3-7(6)14)12-15-8(4-21-12)10-9(17)11(18)16-22(10,19)20/h1-4,17H,(H,16,18). The average molecular weight is 377 g/mol. The van der Waals surface area contributed by atoms with E-state index in [4.69, 9.17) is 23.2 Å². The molecule has 0 unspecified atom stereocenters. The topological polar surface area (TPSA) is 96.4 Å². The number of hydrogen-bond acceptors (Lipinski definition) is 6. The van der Waals surface area contributed by atoms with Crippen molar-refractivity contribution < 1.29 is 18.3 Å². The van der Waals surface area contributed by atoms with Crippen LogP contribution in [0.3, 0.4) is 0 Å². The molecule has 2 aromatic rings. The molecule has 0 bridgehead atoms. The van der Waals surface area contributed by atoms with Crippen molar-refractivity contribution in [2.24, 2.45) is 0 Å². The van der Waals surface area contributed by atoms with Crippen molar-refractivity contribution in [3.8, 4) is 10.6 Å². The number of hydrogen-bond donors (Lipinski definition) is 2. The summed E-state index contributed by atoms with van der Waals surface area (Å²) < 4.78 is 25.3. The summed E-state index contributed by atoms with van der Waals surface area (Å²) in [7, 11) is -4.10. The zero-order valence-corrected chi connectivity index (χ0v) is 13.6. The van der Waals surface area contributed by atoms with Crippen LogP contribution in [0.25, 0.3) is 15.5 Å². The number of rotatable bonds is 2. The Morgan fingerprint density at radius 1 is 1.23 bits per heavy atom. The second-order valence-electron chi connectivity index (χ2n) is 4.28. The molecule has 1 aromatic carbocycles. The van der Waals surface area contributed by atoms with Crippen LogP contribution in [0.5, 0.6) is 0 Å². The van der Waals surface area contributed by atoms with E-state index in [0.717, 1.165) is 11.3 Å². The van der Waals surface area contributed by atoms with E-state index in [-0.39, 0.29) is 5.69 Å². The molecule has 2 heterocycles. The smallest absolute Gasteiger partial charge is 0.301 e. The van der Waals surface area contributed by atoms with Gasteiger partial charge in [-0.25, -0.2) is 18.1 Å². The molecule has 0 spiro atoms. The summed E-state index contributed by atoms with van der Waals surface area (Å²) in [4.78, 5) is 14.9. The molecule has 0 saturated heterocycles. The number of nitrogens with zero attached hydrogens (tertiary/aromatic N) is 1. The second kappa shape index (κ2) is 5.24. The van der Waals surface area contributed by atoms with E-state index in [9.17, 15) is 18.3 Å². The second-order valence-corrected chi connectivity index (χ2v) is 7.57. The number of aliphatic hydroxyl groups excluding tert-OH is 1. The van der Waals surface area contributed by atoms with Crippen LogP contribution in [0.4, 0.5) is 0 Å². The quantitative estimate of drug-likeness (QED) is 0.839. The first-order chi connectivity index (χ1) is 10.3. The molecule has 0 saturated carbocycles. The van der Waals surface area contributed by atoms with Gasteiger partial charge in [0.05, 0.1) is 15.7 Å². The number of sulfonamides is 1. The van der Waals surface area contributed by atoms with Crippen molar-refractivity contribution in [1.29, 1.82) is 0 Å². The van der Waals surface area contributed by atoms with Crippen LogP contribution >= 0.6 is 34.5 Å². The summed E-state index contributed by atoms with van der Waals surface area (Å²) in [5, 5.41) is 12.2. The van der Waals surface area contributed by atoms with Gasteiger partial charge in [-0.3, -0.25) is 4.79 Å². The third-order valence-corrected chi connectivity index (χ3v) is 5.85. The molecule has 3 rings (SSSR count). The molecule has 0 atom stereocenters. The average Bonchev–Trinajstić information content (AvgIpc) is 2.97. The van der Waals surface area contributed by atoms with E-state index < -0.39 is 26.6 Å². The number of nitrogens with one attached hydrogen (secondary N) is 1. The van der Waals surface area contributed by atoms with E-state index >= 15 is 0 Å². The highest BCUT2D eigenvalue weighted by atomic mass is 35.5. The monoisotopic (exact) mass is 376 g/mol. The van der Waals surface area contributed by atoms with Gasteiger partial charge in [-0.2, -0.15) is 0 Å². The van der Waals surface area contributed by atoms with Crippen molar-refractivity contribution in [3.05, 3.63) is 45.1 Å². The fraction of sp³-hybridized carbons (Fsp3) is 0. The predicted molar refractivity (Wildman–Crippen MR) is 84.2 cm³/mol. The van der Waals surface area contributed by atoms with E-state index in [1.807, 2.05) is 0 Å². The Morgan fingerprint density at radius 2 is 1.95 bits per heavy atom. The molecule has 0 radical (unpaired) electrons. The van der Waals surface area contributed by atoms with Gasteiger partial charge in [0.25, 0.3) is 10.0 Å². The van der Waals surface area contributed by atoms with E-state index in [2.05, 4.69) is 4.98 Å². The molecule has 1 amide bonds. The first kappa shape index (κ1) is 15.3. The van der Waals surface area contributed by atoms with Gasteiger partial charge in [0.1, 0.15) is 5.01 Å². The minimum atomic E-state index is -4.10. The van der Waals surface area contributed by atoms with Gasteiger partial charge in [0, 0.05) is 10.9 Å². The van der Waals surface area contributed by atoms with Crippen molar-refractivity contribution >= 4 is 55.4 Å². The van der Waals surface area contributed by atoms with Gasteiger partial charge in [0.2, 0.25) is 5.76 Å². The van der Waals surface area contributed by atoms with Crippen LogP contribution in [0.15, 0.2) is 29.3 Å². The Labute approximate surface area is 139 Å². The number of amides is 1. The highest BCUT2D eigenvalue weighted by Gasteiger charge is 2.38. The zero-order chi connectivity index (χ0) is 16.1. The molecule has 10 heteroatoms. The lowest BCUT2D eigenvalue weighted by atomic mass is 10.2. The summed E-state index contributed by atoms with van der Waals surface area (Å²) in [5.74, 6) is -1.94. The lowest BCUT2D eigenvalue weighted by Crippen LogP contribution is -2.23. The summed E-state index contributed by atoms with van der Waals surface area (Å²) in [6, 6.07) is 4.86. The Bertz CT molecular complexity index is 934. The summed E-state index contributed by atoms with van der Waals surface area (Å²) in [5.41, 5.74) is 0.627. The third kappa shape index (κ3) is 2.48. The number of carbonyl (C=O) groups excluding carboxylic acids is 1. The van der Waals surface area contributed by atoms with Crippen LogP contribution < -0.4 is 4.72 Å². The molecule has 0 fully saturated rings. The number of halogens is 2. The van der Waals surface area contributed by atoms with Gasteiger partial charge < -0.3 is 5.11 Å². The molecule has 2 N–H and O–H groups in total. The van der Waals surface area contributed by atoms with Crippen LogP contribution in [-0.2, 0) is 14.8 Å². The van der Waals surface area contributed by atoms with Gasteiger partial charge in [-0.15, -0.1) is 11.3 Å². The number of aliphatic hydroxyl groups is 1. The highest BCUT2D eigenvalue weighted by Crippen LogP contribution is 2.34. The molecule has 1 aliphatic heterocycles. The molecule has 1 aliphatic rings. The largest absolute Gasteiger partial charge is 0.502 e. The van der Waals surface area contributed by atoms with Crippen molar-refractivity contribution in [2.45, 2.75) is 0 Å². The first-order valence-electron chi connectivity index (χ1n) is 5.71. The molecule has 1 aromatic heterocycles. The Balaban J connectivity index is 2.08. The van der Waals surface area contributed by atoms with Gasteiger partial charge in [-0.1, -0.05) is 29.3 Å². The highest BCUT2D eigenvalue weighted by molar-refractivity contribution is 8.00. The SMILES string of the molecule is O=C1NS(=O)(=O)C(c2csc(-c3ccc(Cl)c(Cl)c3)n2)=C1O. The normalized spacial score (nSPS) is 16.9. The van der Waals surface area contributed by atoms with E-state index in [1.54, 1.807) is 22.9 Å². The maximum absolute atomic E-state index is 11.8. The van der Waals surface area contributed by atoms with Crippen LogP contribution in [0.1, 0.15) is 5.69 Å². The molecule has 6 nitrogen and oxygen atoms in total. The van der Waals surface area contributed by atoms with Crippen molar-refractivity contribution in [2.75, 3.05) is 0 Å². The maximum atomic E-state index is 11.8. The summed E-state index contributed by atoms with van der Waals surface area (Å²) >= 11 is 12.9. The lowest BCUT2D eigenvalue weighted by molar-refractivity contribution is -0.117. The summed E-state index contributed by atoms with van der Waals surface area (Å²) in [6.45, 7) is 0. The molecular weight excluding hydrogens is 371 g/mol. The number of thiazole rings is 1. The van der Waals surface area contributed by atoms with E-state index in [1.165, 1.54) is 5.38 Å². The fourth-order valence-corrected chi connectivity index (χ4v) is 4.20.